The lowest BCUT2D eigenvalue weighted by Crippen LogP contribution is -2.36. The highest BCUT2D eigenvalue weighted by Crippen LogP contribution is 2.39. The Kier molecular flexibility index (Phi) is 8.53. The molecule has 7 nitrogen and oxygen atoms in total. The van der Waals surface area contributed by atoms with E-state index < -0.39 is 23.6 Å². The number of carbonyl (C=O) groups excluding carboxylic acids is 3. The Morgan fingerprint density at radius 3 is 2.50 bits per heavy atom. The molecule has 10 heteroatoms. The number of benzene rings is 3. The minimum Gasteiger partial charge on any atom is -0.493 e. The van der Waals surface area contributed by atoms with Crippen molar-refractivity contribution in [3.8, 4) is 11.5 Å². The van der Waals surface area contributed by atoms with Crippen LogP contribution in [0.1, 0.15) is 22.3 Å². The van der Waals surface area contributed by atoms with Gasteiger partial charge in [0.05, 0.1) is 16.5 Å². The van der Waals surface area contributed by atoms with E-state index >= 15 is 0 Å². The molecule has 1 fully saturated rings. The van der Waals surface area contributed by atoms with Crippen molar-refractivity contribution < 1.29 is 28.2 Å². The highest BCUT2D eigenvalue weighted by molar-refractivity contribution is 9.10. The Bertz CT molecular complexity index is 1440. The fourth-order valence-corrected chi connectivity index (χ4v) is 5.28. The van der Waals surface area contributed by atoms with Crippen LogP contribution in [0.2, 0.25) is 0 Å². The monoisotopic (exact) mass is 598 g/mol. The number of nitrogens with zero attached hydrogens (tertiary/aromatic N) is 1. The Hall–Kier alpha value is -3.63. The van der Waals surface area contributed by atoms with Gasteiger partial charge in [-0.3, -0.25) is 19.3 Å². The number of ether oxygens (including phenoxy) is 2. The number of hydrogen-bond donors (Lipinski definition) is 1. The van der Waals surface area contributed by atoms with Crippen molar-refractivity contribution in [2.24, 2.45) is 0 Å². The van der Waals surface area contributed by atoms with Crippen LogP contribution in [0, 0.1) is 19.7 Å². The summed E-state index contributed by atoms with van der Waals surface area (Å²) in [6, 6.07) is 15.1. The average molecular weight is 599 g/mol. The Morgan fingerprint density at radius 2 is 1.82 bits per heavy atom. The number of thioether (sulfide) groups is 1. The molecule has 38 heavy (non-hydrogen) atoms. The van der Waals surface area contributed by atoms with E-state index in [9.17, 15) is 18.8 Å². The lowest BCUT2D eigenvalue weighted by molar-refractivity contribution is -0.127. The van der Waals surface area contributed by atoms with Crippen molar-refractivity contribution in [1.29, 1.82) is 0 Å². The Balaban J connectivity index is 1.48. The van der Waals surface area contributed by atoms with Crippen LogP contribution in [-0.4, -0.2) is 35.6 Å². The fourth-order valence-electron chi connectivity index (χ4n) is 3.87. The first kappa shape index (κ1) is 27.4. The van der Waals surface area contributed by atoms with Gasteiger partial charge in [0.2, 0.25) is 5.91 Å². The van der Waals surface area contributed by atoms with Crippen LogP contribution in [-0.2, 0) is 16.2 Å². The van der Waals surface area contributed by atoms with Crippen LogP contribution in [0.3, 0.4) is 0 Å². The summed E-state index contributed by atoms with van der Waals surface area (Å²) < 4.78 is 25.3. The van der Waals surface area contributed by atoms with Gasteiger partial charge in [0.25, 0.3) is 11.1 Å². The molecular weight excluding hydrogens is 575 g/mol. The summed E-state index contributed by atoms with van der Waals surface area (Å²) in [6.07, 6.45) is 1.55. The topological polar surface area (TPSA) is 84.9 Å². The van der Waals surface area contributed by atoms with Gasteiger partial charge in [0.15, 0.2) is 11.5 Å². The third-order valence-corrected chi connectivity index (χ3v) is 7.24. The number of aryl methyl sites for hydroxylation is 2. The van der Waals surface area contributed by atoms with E-state index in [2.05, 4.69) is 21.2 Å². The first-order chi connectivity index (χ1) is 18.2. The molecule has 1 heterocycles. The number of amides is 3. The smallest absolute Gasteiger partial charge is 0.294 e. The van der Waals surface area contributed by atoms with Crippen molar-refractivity contribution in [3.05, 3.63) is 92.0 Å². The number of para-hydroxylation sites is 1. The molecule has 0 spiro atoms. The second-order valence-corrected chi connectivity index (χ2v) is 10.4. The summed E-state index contributed by atoms with van der Waals surface area (Å²) in [6.45, 7) is 3.47. The van der Waals surface area contributed by atoms with Gasteiger partial charge in [0.1, 0.15) is 19.0 Å². The second-order valence-electron chi connectivity index (χ2n) is 8.54. The normalized spacial score (nSPS) is 14.2. The summed E-state index contributed by atoms with van der Waals surface area (Å²) in [5.41, 5.74) is 3.66. The van der Waals surface area contributed by atoms with E-state index in [1.165, 1.54) is 19.2 Å². The van der Waals surface area contributed by atoms with Gasteiger partial charge < -0.3 is 14.8 Å². The van der Waals surface area contributed by atoms with E-state index in [0.29, 0.717) is 32.8 Å². The molecule has 0 unspecified atom stereocenters. The predicted molar refractivity (Wildman–Crippen MR) is 149 cm³/mol. The van der Waals surface area contributed by atoms with Crippen LogP contribution in [0.25, 0.3) is 6.08 Å². The molecule has 0 saturated carbocycles. The maximum Gasteiger partial charge on any atom is 0.294 e. The maximum absolute atomic E-state index is 13.5. The van der Waals surface area contributed by atoms with Gasteiger partial charge in [-0.15, -0.1) is 0 Å². The Labute approximate surface area is 232 Å². The zero-order valence-electron chi connectivity index (χ0n) is 20.8. The number of anilines is 1. The summed E-state index contributed by atoms with van der Waals surface area (Å²) >= 11 is 4.22. The SMILES string of the molecule is COc1cc(/C=C2/SC(=O)N(CC(=O)Nc3c(C)cccc3C)C2=O)cc(Br)c1OCc1cccc(F)c1. The summed E-state index contributed by atoms with van der Waals surface area (Å²) in [5.74, 6) is -0.586. The fraction of sp³-hybridized carbons (Fsp3) is 0.179. The number of halogens is 2. The molecule has 1 aliphatic heterocycles. The van der Waals surface area contributed by atoms with Crippen LogP contribution < -0.4 is 14.8 Å². The highest BCUT2D eigenvalue weighted by Gasteiger charge is 2.36. The van der Waals surface area contributed by atoms with Gasteiger partial charge in [-0.25, -0.2) is 4.39 Å². The molecule has 0 aromatic heterocycles. The van der Waals surface area contributed by atoms with Gasteiger partial charge in [-0.05, 0) is 94.1 Å². The minimum absolute atomic E-state index is 0.120. The molecule has 1 aliphatic rings. The number of nitrogens with one attached hydrogen (secondary N) is 1. The lowest BCUT2D eigenvalue weighted by atomic mass is 10.1. The lowest BCUT2D eigenvalue weighted by Gasteiger charge is -2.15. The quantitative estimate of drug-likeness (QED) is 0.299. The van der Waals surface area contributed by atoms with Crippen LogP contribution in [0.4, 0.5) is 14.9 Å². The van der Waals surface area contributed by atoms with Crippen molar-refractivity contribution in [2.45, 2.75) is 20.5 Å². The standard InChI is InChI=1S/C28H24BrFN2O5S/c1-16-6-4-7-17(2)25(16)31-24(33)14-32-27(34)23(38-28(32)35)13-19-11-21(29)26(22(12-19)36-3)37-15-18-8-5-9-20(30)10-18/h4-13H,14-15H2,1-3H3,(H,31,33)/b23-13+. The molecule has 4 rings (SSSR count). The molecule has 3 aromatic carbocycles. The summed E-state index contributed by atoms with van der Waals surface area (Å²) in [5, 5.41) is 2.27. The van der Waals surface area contributed by atoms with Crippen molar-refractivity contribution in [2.75, 3.05) is 19.0 Å². The van der Waals surface area contributed by atoms with E-state index in [1.54, 1.807) is 30.3 Å². The predicted octanol–water partition coefficient (Wildman–Crippen LogP) is 6.47. The van der Waals surface area contributed by atoms with Crippen molar-refractivity contribution in [1.82, 2.24) is 4.90 Å². The number of rotatable bonds is 8. The molecule has 1 N–H and O–H groups in total. The maximum atomic E-state index is 13.5. The van der Waals surface area contributed by atoms with E-state index in [-0.39, 0.29) is 17.3 Å². The number of hydrogen-bond acceptors (Lipinski definition) is 6. The first-order valence-corrected chi connectivity index (χ1v) is 13.1. The third kappa shape index (κ3) is 6.25. The largest absolute Gasteiger partial charge is 0.493 e. The van der Waals surface area contributed by atoms with Gasteiger partial charge >= 0.3 is 0 Å². The van der Waals surface area contributed by atoms with Gasteiger partial charge in [-0.1, -0.05) is 30.3 Å². The summed E-state index contributed by atoms with van der Waals surface area (Å²) in [7, 11) is 1.48. The minimum atomic E-state index is -0.557. The first-order valence-electron chi connectivity index (χ1n) is 11.5. The zero-order valence-corrected chi connectivity index (χ0v) is 23.2. The van der Waals surface area contributed by atoms with Crippen molar-refractivity contribution >= 4 is 56.5 Å². The zero-order chi connectivity index (χ0) is 27.4. The van der Waals surface area contributed by atoms with E-state index in [1.807, 2.05) is 32.0 Å². The number of carbonyl (C=O) groups is 3. The molecule has 3 amide bonds. The molecule has 196 valence electrons. The molecular formula is C28H24BrFN2O5S. The van der Waals surface area contributed by atoms with Gasteiger partial charge in [-0.2, -0.15) is 0 Å². The van der Waals surface area contributed by atoms with Crippen LogP contribution >= 0.6 is 27.7 Å². The van der Waals surface area contributed by atoms with Crippen molar-refractivity contribution in [3.63, 3.8) is 0 Å². The highest BCUT2D eigenvalue weighted by atomic mass is 79.9. The summed E-state index contributed by atoms with van der Waals surface area (Å²) in [4.78, 5) is 39.3. The van der Waals surface area contributed by atoms with E-state index in [0.717, 1.165) is 27.8 Å². The van der Waals surface area contributed by atoms with E-state index in [4.69, 9.17) is 9.47 Å². The Morgan fingerprint density at radius 1 is 1.11 bits per heavy atom. The molecule has 0 atom stereocenters. The molecule has 0 radical (unpaired) electrons. The third-order valence-electron chi connectivity index (χ3n) is 5.74. The number of imide groups is 1. The van der Waals surface area contributed by atoms with Gasteiger partial charge in [0, 0.05) is 5.69 Å². The average Bonchev–Trinajstić information content (AvgIpc) is 3.12. The molecule has 3 aromatic rings. The molecule has 0 bridgehead atoms. The van der Waals surface area contributed by atoms with Crippen LogP contribution in [0.15, 0.2) is 64.0 Å². The molecule has 0 aliphatic carbocycles. The second kappa shape index (κ2) is 11.8. The van der Waals surface area contributed by atoms with Crippen LogP contribution in [0.5, 0.6) is 11.5 Å². The number of methoxy groups -OCH3 is 1. The molecule has 1 saturated heterocycles.